The second kappa shape index (κ2) is 5.92. The van der Waals surface area contributed by atoms with Gasteiger partial charge in [0.05, 0.1) is 11.9 Å². The number of aromatic nitrogens is 2. The van der Waals surface area contributed by atoms with Crippen molar-refractivity contribution in [2.45, 2.75) is 24.2 Å². The molecular weight excluding hydrogens is 282 g/mol. The average Bonchev–Trinajstić information content (AvgIpc) is 2.86. The van der Waals surface area contributed by atoms with Crippen LogP contribution in [0.5, 0.6) is 0 Å². The van der Waals surface area contributed by atoms with Crippen LogP contribution in [0.2, 0.25) is 0 Å². The number of nitrogens with one attached hydrogen (secondary N) is 1. The van der Waals surface area contributed by atoms with Crippen LogP contribution in [0, 0.1) is 5.92 Å². The van der Waals surface area contributed by atoms with Crippen molar-refractivity contribution in [3.05, 3.63) is 11.9 Å². The molecule has 112 valence electrons. The summed E-state index contributed by atoms with van der Waals surface area (Å²) in [4.78, 5) is 13.4. The number of carbonyl (C=O) groups excluding carboxylic acids is 1. The van der Waals surface area contributed by atoms with Crippen molar-refractivity contribution >= 4 is 15.7 Å². The Bertz CT molecular complexity index is 581. The first kappa shape index (κ1) is 15.0. The maximum Gasteiger partial charge on any atom is 0.248 e. The van der Waals surface area contributed by atoms with E-state index >= 15 is 0 Å². The van der Waals surface area contributed by atoms with Gasteiger partial charge in [0, 0.05) is 19.3 Å². The summed E-state index contributed by atoms with van der Waals surface area (Å²) in [6.45, 7) is 0.713. The molecular formula is C12H19N3O4S. The van der Waals surface area contributed by atoms with Crippen molar-refractivity contribution in [3.63, 3.8) is 0 Å². The van der Waals surface area contributed by atoms with E-state index in [1.54, 1.807) is 4.90 Å². The van der Waals surface area contributed by atoms with Gasteiger partial charge in [-0.1, -0.05) is 0 Å². The van der Waals surface area contributed by atoms with Gasteiger partial charge in [0.1, 0.15) is 11.5 Å². The molecule has 1 amide bonds. The number of aromatic amines is 1. The topological polar surface area (TPSA) is 103 Å². The highest BCUT2D eigenvalue weighted by Gasteiger charge is 2.25. The third kappa shape index (κ3) is 3.37. The van der Waals surface area contributed by atoms with Crippen molar-refractivity contribution in [1.82, 2.24) is 15.1 Å². The van der Waals surface area contributed by atoms with Crippen LogP contribution in [0.4, 0.5) is 0 Å². The summed E-state index contributed by atoms with van der Waals surface area (Å²) in [6.07, 6.45) is 4.81. The zero-order valence-corrected chi connectivity index (χ0v) is 12.2. The van der Waals surface area contributed by atoms with Gasteiger partial charge in [0.25, 0.3) is 0 Å². The highest BCUT2D eigenvalue weighted by molar-refractivity contribution is 7.90. The average molecular weight is 301 g/mol. The van der Waals surface area contributed by atoms with Gasteiger partial charge in [-0.05, 0) is 25.2 Å². The van der Waals surface area contributed by atoms with Crippen molar-refractivity contribution in [2.24, 2.45) is 5.92 Å². The molecule has 0 spiro atoms. The zero-order chi connectivity index (χ0) is 14.8. The summed E-state index contributed by atoms with van der Waals surface area (Å²) in [7, 11) is -3.29. The minimum Gasteiger partial charge on any atom is -0.387 e. The van der Waals surface area contributed by atoms with Crippen LogP contribution in [-0.2, 0) is 21.1 Å². The Morgan fingerprint density at radius 1 is 1.60 bits per heavy atom. The predicted molar refractivity (Wildman–Crippen MR) is 71.8 cm³/mol. The molecule has 8 heteroatoms. The first-order valence-electron chi connectivity index (χ1n) is 6.52. The number of rotatable bonds is 4. The normalized spacial score (nSPS) is 20.1. The molecule has 20 heavy (non-hydrogen) atoms. The fourth-order valence-electron chi connectivity index (χ4n) is 2.61. The second-order valence-corrected chi connectivity index (χ2v) is 7.18. The summed E-state index contributed by atoms with van der Waals surface area (Å²) in [5.74, 6) is -0.0946. The molecule has 0 bridgehead atoms. The molecule has 1 aliphatic heterocycles. The van der Waals surface area contributed by atoms with E-state index in [4.69, 9.17) is 5.11 Å². The summed E-state index contributed by atoms with van der Waals surface area (Å²) in [6, 6.07) is 0. The molecule has 2 rings (SSSR count). The smallest absolute Gasteiger partial charge is 0.248 e. The van der Waals surface area contributed by atoms with Gasteiger partial charge < -0.3 is 10.0 Å². The standard InChI is InChI=1S/C12H19N3O4S/c1-20(18,19)11-6-13-14-10(11)5-9-3-2-4-15(7-9)12(17)8-16/h6,9,16H,2-5,7-8H2,1H3,(H,13,14)/t9-/m0/s1. The van der Waals surface area contributed by atoms with Crippen LogP contribution in [-0.4, -0.2) is 60.5 Å². The van der Waals surface area contributed by atoms with Gasteiger partial charge in [-0.15, -0.1) is 0 Å². The molecule has 1 saturated heterocycles. The lowest BCUT2D eigenvalue weighted by Crippen LogP contribution is -2.41. The number of amides is 1. The molecule has 2 N–H and O–H groups in total. The molecule has 0 radical (unpaired) electrons. The summed E-state index contributed by atoms with van der Waals surface area (Å²) >= 11 is 0. The Morgan fingerprint density at radius 3 is 3.00 bits per heavy atom. The lowest BCUT2D eigenvalue weighted by molar-refractivity contribution is -0.136. The number of carbonyl (C=O) groups is 1. The number of aliphatic hydroxyl groups is 1. The van der Waals surface area contributed by atoms with Crippen LogP contribution in [0.15, 0.2) is 11.1 Å². The molecule has 1 atom stereocenters. The number of likely N-dealkylation sites (tertiary alicyclic amines) is 1. The fraction of sp³-hybridized carbons (Fsp3) is 0.667. The molecule has 0 aliphatic carbocycles. The quantitative estimate of drug-likeness (QED) is 0.786. The van der Waals surface area contributed by atoms with Gasteiger partial charge in [-0.25, -0.2) is 8.42 Å². The molecule has 1 aliphatic rings. The van der Waals surface area contributed by atoms with E-state index in [0.29, 0.717) is 25.2 Å². The Hall–Kier alpha value is -1.41. The van der Waals surface area contributed by atoms with Gasteiger partial charge in [0.2, 0.25) is 5.91 Å². The Morgan fingerprint density at radius 2 is 2.35 bits per heavy atom. The SMILES string of the molecule is CS(=O)(=O)c1cn[nH]c1C[C@@H]1CCCN(C(=O)CO)C1. The molecule has 1 aromatic rings. The van der Waals surface area contributed by atoms with Crippen molar-refractivity contribution < 1.29 is 18.3 Å². The molecule has 1 aromatic heterocycles. The molecule has 2 heterocycles. The van der Waals surface area contributed by atoms with Gasteiger partial charge in [-0.3, -0.25) is 9.89 Å². The monoisotopic (exact) mass is 301 g/mol. The van der Waals surface area contributed by atoms with Gasteiger partial charge >= 0.3 is 0 Å². The maximum absolute atomic E-state index is 11.6. The number of piperidine rings is 1. The number of H-pyrrole nitrogens is 1. The Kier molecular flexibility index (Phi) is 4.44. The van der Waals surface area contributed by atoms with Crippen LogP contribution in [0.1, 0.15) is 18.5 Å². The van der Waals surface area contributed by atoms with Gasteiger partial charge in [0.15, 0.2) is 9.84 Å². The van der Waals surface area contributed by atoms with Crippen LogP contribution in [0.3, 0.4) is 0 Å². The first-order chi connectivity index (χ1) is 9.41. The number of nitrogens with zero attached hydrogens (tertiary/aromatic N) is 2. The molecule has 0 unspecified atom stereocenters. The van der Waals surface area contributed by atoms with Crippen molar-refractivity contribution in [2.75, 3.05) is 26.0 Å². The Labute approximate surface area is 117 Å². The molecule has 0 aromatic carbocycles. The van der Waals surface area contributed by atoms with E-state index < -0.39 is 16.4 Å². The molecule has 7 nitrogen and oxygen atoms in total. The molecule has 1 fully saturated rings. The van der Waals surface area contributed by atoms with Crippen molar-refractivity contribution in [1.29, 1.82) is 0 Å². The van der Waals surface area contributed by atoms with E-state index in [2.05, 4.69) is 10.2 Å². The van der Waals surface area contributed by atoms with Crippen LogP contribution in [0.25, 0.3) is 0 Å². The third-order valence-corrected chi connectivity index (χ3v) is 4.73. The maximum atomic E-state index is 11.6. The number of hydrogen-bond donors (Lipinski definition) is 2. The number of hydrogen-bond acceptors (Lipinski definition) is 5. The van der Waals surface area contributed by atoms with Crippen LogP contribution < -0.4 is 0 Å². The largest absolute Gasteiger partial charge is 0.387 e. The third-order valence-electron chi connectivity index (χ3n) is 3.58. The van der Waals surface area contributed by atoms with E-state index in [9.17, 15) is 13.2 Å². The second-order valence-electron chi connectivity index (χ2n) is 5.20. The lowest BCUT2D eigenvalue weighted by Gasteiger charge is -2.32. The number of aliphatic hydroxyl groups excluding tert-OH is 1. The van der Waals surface area contributed by atoms with Crippen LogP contribution >= 0.6 is 0 Å². The number of sulfone groups is 1. The highest BCUT2D eigenvalue weighted by Crippen LogP contribution is 2.23. The van der Waals surface area contributed by atoms with E-state index in [0.717, 1.165) is 19.1 Å². The van der Waals surface area contributed by atoms with Gasteiger partial charge in [-0.2, -0.15) is 5.10 Å². The minimum absolute atomic E-state index is 0.181. The highest BCUT2D eigenvalue weighted by atomic mass is 32.2. The summed E-state index contributed by atoms with van der Waals surface area (Å²) in [5.41, 5.74) is 0.593. The Balaban J connectivity index is 2.07. The molecule has 0 saturated carbocycles. The summed E-state index contributed by atoms with van der Waals surface area (Å²) in [5, 5.41) is 15.4. The fourth-order valence-corrected chi connectivity index (χ4v) is 3.44. The summed E-state index contributed by atoms with van der Waals surface area (Å²) < 4.78 is 23.2. The van der Waals surface area contributed by atoms with E-state index in [1.807, 2.05) is 0 Å². The zero-order valence-electron chi connectivity index (χ0n) is 11.4. The van der Waals surface area contributed by atoms with E-state index in [-0.39, 0.29) is 16.7 Å². The first-order valence-corrected chi connectivity index (χ1v) is 8.42. The predicted octanol–water partition coefficient (Wildman–Crippen LogP) is -0.413. The van der Waals surface area contributed by atoms with Crippen molar-refractivity contribution in [3.8, 4) is 0 Å². The lowest BCUT2D eigenvalue weighted by atomic mass is 9.93. The minimum atomic E-state index is -3.29. The van der Waals surface area contributed by atoms with E-state index in [1.165, 1.54) is 6.20 Å².